The molecule has 3 nitrogen and oxygen atoms in total. The lowest BCUT2D eigenvalue weighted by Gasteiger charge is -2.22. The van der Waals surface area contributed by atoms with Gasteiger partial charge in [0.15, 0.2) is 11.5 Å². The van der Waals surface area contributed by atoms with Gasteiger partial charge >= 0.3 is 0 Å². The van der Waals surface area contributed by atoms with Gasteiger partial charge in [0.25, 0.3) is 0 Å². The SMILES string of the molecule is CCC(CC1CC1)NC(C)CCc1ccc2c(c1)OCO2. The van der Waals surface area contributed by atoms with Crippen molar-refractivity contribution in [3.63, 3.8) is 0 Å². The van der Waals surface area contributed by atoms with Crippen LogP contribution in [-0.2, 0) is 6.42 Å². The highest BCUT2D eigenvalue weighted by Crippen LogP contribution is 2.34. The molecule has 3 heteroatoms. The van der Waals surface area contributed by atoms with E-state index in [1.54, 1.807) is 0 Å². The van der Waals surface area contributed by atoms with Crippen LogP contribution in [0.4, 0.5) is 0 Å². The van der Waals surface area contributed by atoms with Crippen LogP contribution in [0.2, 0.25) is 0 Å². The molecular weight excluding hydrogens is 262 g/mol. The van der Waals surface area contributed by atoms with Crippen molar-refractivity contribution < 1.29 is 9.47 Å². The second kappa shape index (κ2) is 6.69. The molecule has 0 bridgehead atoms. The average molecular weight is 289 g/mol. The van der Waals surface area contributed by atoms with Gasteiger partial charge in [-0.1, -0.05) is 25.8 Å². The number of aryl methyl sites for hydroxylation is 1. The normalized spacial score (nSPS) is 19.5. The smallest absolute Gasteiger partial charge is 0.231 e. The molecule has 0 radical (unpaired) electrons. The second-order valence-corrected chi connectivity index (χ2v) is 6.58. The Morgan fingerprint density at radius 2 is 2.05 bits per heavy atom. The molecule has 0 saturated heterocycles. The van der Waals surface area contributed by atoms with Crippen LogP contribution in [0.1, 0.15) is 51.5 Å². The quantitative estimate of drug-likeness (QED) is 0.787. The van der Waals surface area contributed by atoms with Crippen LogP contribution in [0, 0.1) is 5.92 Å². The average Bonchev–Trinajstić information content (AvgIpc) is 3.18. The highest BCUT2D eigenvalue weighted by molar-refractivity contribution is 5.44. The van der Waals surface area contributed by atoms with E-state index in [-0.39, 0.29) is 0 Å². The Morgan fingerprint density at radius 3 is 2.81 bits per heavy atom. The van der Waals surface area contributed by atoms with E-state index in [0.717, 1.165) is 23.8 Å². The lowest BCUT2D eigenvalue weighted by atomic mass is 10.0. The summed E-state index contributed by atoms with van der Waals surface area (Å²) in [7, 11) is 0. The second-order valence-electron chi connectivity index (χ2n) is 6.58. The summed E-state index contributed by atoms with van der Waals surface area (Å²) in [5.41, 5.74) is 1.34. The van der Waals surface area contributed by atoms with Crippen LogP contribution >= 0.6 is 0 Å². The molecular formula is C18H27NO2. The van der Waals surface area contributed by atoms with Crippen LogP contribution in [0.5, 0.6) is 11.5 Å². The highest BCUT2D eigenvalue weighted by Gasteiger charge is 2.25. The van der Waals surface area contributed by atoms with Crippen molar-refractivity contribution in [3.8, 4) is 11.5 Å². The molecule has 2 unspecified atom stereocenters. The van der Waals surface area contributed by atoms with Crippen molar-refractivity contribution in [1.29, 1.82) is 0 Å². The van der Waals surface area contributed by atoms with Crippen molar-refractivity contribution >= 4 is 0 Å². The first-order chi connectivity index (χ1) is 10.2. The van der Waals surface area contributed by atoms with E-state index in [0.29, 0.717) is 18.9 Å². The maximum atomic E-state index is 5.44. The van der Waals surface area contributed by atoms with Gasteiger partial charge in [0.2, 0.25) is 6.79 Å². The van der Waals surface area contributed by atoms with E-state index in [2.05, 4.69) is 31.3 Å². The van der Waals surface area contributed by atoms with Crippen LogP contribution < -0.4 is 14.8 Å². The third-order valence-electron chi connectivity index (χ3n) is 4.63. The predicted molar refractivity (Wildman–Crippen MR) is 84.9 cm³/mol. The fraction of sp³-hybridized carbons (Fsp3) is 0.667. The highest BCUT2D eigenvalue weighted by atomic mass is 16.7. The maximum absolute atomic E-state index is 5.44. The molecule has 1 aromatic rings. The van der Waals surface area contributed by atoms with Crippen molar-refractivity contribution in [2.45, 2.75) is 64.5 Å². The van der Waals surface area contributed by atoms with E-state index in [1.807, 2.05) is 6.07 Å². The molecule has 0 amide bonds. The topological polar surface area (TPSA) is 30.5 Å². The molecule has 1 aliphatic carbocycles. The molecule has 1 heterocycles. The largest absolute Gasteiger partial charge is 0.454 e. The van der Waals surface area contributed by atoms with E-state index in [1.165, 1.54) is 37.7 Å². The summed E-state index contributed by atoms with van der Waals surface area (Å²) in [6.45, 7) is 4.96. The van der Waals surface area contributed by atoms with Crippen LogP contribution in [-0.4, -0.2) is 18.9 Å². The minimum Gasteiger partial charge on any atom is -0.454 e. The molecule has 21 heavy (non-hydrogen) atoms. The number of hydrogen-bond acceptors (Lipinski definition) is 3. The molecule has 3 rings (SSSR count). The van der Waals surface area contributed by atoms with Crippen molar-refractivity contribution in [2.75, 3.05) is 6.79 Å². The summed E-state index contributed by atoms with van der Waals surface area (Å²) in [5, 5.41) is 3.80. The van der Waals surface area contributed by atoms with Gasteiger partial charge < -0.3 is 14.8 Å². The van der Waals surface area contributed by atoms with Gasteiger partial charge in [-0.2, -0.15) is 0 Å². The maximum Gasteiger partial charge on any atom is 0.231 e. The zero-order valence-corrected chi connectivity index (χ0v) is 13.2. The lowest BCUT2D eigenvalue weighted by Crippen LogP contribution is -2.36. The first-order valence-corrected chi connectivity index (χ1v) is 8.39. The van der Waals surface area contributed by atoms with Gasteiger partial charge in [0.1, 0.15) is 0 Å². The Labute approximate surface area is 128 Å². The molecule has 2 aliphatic rings. The standard InChI is InChI=1S/C18H27NO2/c1-3-16(10-14-6-7-14)19-13(2)4-5-15-8-9-17-18(11-15)21-12-20-17/h8-9,11,13-14,16,19H,3-7,10,12H2,1-2H3. The minimum absolute atomic E-state index is 0.357. The van der Waals surface area contributed by atoms with Crippen LogP contribution in [0.15, 0.2) is 18.2 Å². The first kappa shape index (κ1) is 14.7. The van der Waals surface area contributed by atoms with E-state index >= 15 is 0 Å². The molecule has 1 aliphatic heterocycles. The fourth-order valence-corrected chi connectivity index (χ4v) is 3.07. The number of fused-ring (bicyclic) bond motifs is 1. The molecule has 0 aromatic heterocycles. The lowest BCUT2D eigenvalue weighted by molar-refractivity contribution is 0.174. The van der Waals surface area contributed by atoms with Crippen LogP contribution in [0.3, 0.4) is 0 Å². The summed E-state index contributed by atoms with van der Waals surface area (Å²) in [5.74, 6) is 2.78. The van der Waals surface area contributed by atoms with E-state index in [4.69, 9.17) is 9.47 Å². The van der Waals surface area contributed by atoms with Gasteiger partial charge in [0.05, 0.1) is 0 Å². The Hall–Kier alpha value is -1.22. The number of benzene rings is 1. The number of ether oxygens (including phenoxy) is 2. The summed E-state index contributed by atoms with van der Waals surface area (Å²) < 4.78 is 10.8. The molecule has 2 atom stereocenters. The van der Waals surface area contributed by atoms with Gasteiger partial charge in [-0.25, -0.2) is 0 Å². The molecule has 0 spiro atoms. The number of nitrogens with one attached hydrogen (secondary N) is 1. The summed E-state index contributed by atoms with van der Waals surface area (Å²) >= 11 is 0. The molecule has 1 aromatic carbocycles. The summed E-state index contributed by atoms with van der Waals surface area (Å²) in [4.78, 5) is 0. The monoisotopic (exact) mass is 289 g/mol. The van der Waals surface area contributed by atoms with E-state index in [9.17, 15) is 0 Å². The van der Waals surface area contributed by atoms with Gasteiger partial charge in [-0.15, -0.1) is 0 Å². The third-order valence-corrected chi connectivity index (χ3v) is 4.63. The summed E-state index contributed by atoms with van der Waals surface area (Å²) in [6.07, 6.45) is 7.76. The van der Waals surface area contributed by atoms with Crippen molar-refractivity contribution in [3.05, 3.63) is 23.8 Å². The van der Waals surface area contributed by atoms with E-state index < -0.39 is 0 Å². The van der Waals surface area contributed by atoms with Gasteiger partial charge in [-0.05, 0) is 56.2 Å². The molecule has 1 fully saturated rings. The zero-order chi connectivity index (χ0) is 14.7. The molecule has 1 saturated carbocycles. The third kappa shape index (κ3) is 4.13. The minimum atomic E-state index is 0.357. The Bertz CT molecular complexity index is 470. The van der Waals surface area contributed by atoms with Crippen molar-refractivity contribution in [2.24, 2.45) is 5.92 Å². The first-order valence-electron chi connectivity index (χ1n) is 8.39. The molecule has 1 N–H and O–H groups in total. The Balaban J connectivity index is 1.45. The molecule has 116 valence electrons. The van der Waals surface area contributed by atoms with Crippen molar-refractivity contribution in [1.82, 2.24) is 5.32 Å². The Kier molecular flexibility index (Phi) is 4.69. The van der Waals surface area contributed by atoms with Gasteiger partial charge in [-0.3, -0.25) is 0 Å². The fourth-order valence-electron chi connectivity index (χ4n) is 3.07. The Morgan fingerprint density at radius 1 is 1.24 bits per heavy atom. The number of rotatable bonds is 8. The number of hydrogen-bond donors (Lipinski definition) is 1. The summed E-state index contributed by atoms with van der Waals surface area (Å²) in [6, 6.07) is 7.57. The van der Waals surface area contributed by atoms with Crippen LogP contribution in [0.25, 0.3) is 0 Å². The predicted octanol–water partition coefficient (Wildman–Crippen LogP) is 3.90. The van der Waals surface area contributed by atoms with Gasteiger partial charge in [0, 0.05) is 12.1 Å². The zero-order valence-electron chi connectivity index (χ0n) is 13.2.